The predicted molar refractivity (Wildman–Crippen MR) is 98.2 cm³/mol. The average molecular weight is 342 g/mol. The molecule has 0 bridgehead atoms. The fourth-order valence-electron chi connectivity index (χ4n) is 2.66. The van der Waals surface area contributed by atoms with Gasteiger partial charge in [-0.15, -0.1) is 0 Å². The number of para-hydroxylation sites is 1. The van der Waals surface area contributed by atoms with Crippen molar-refractivity contribution < 1.29 is 4.74 Å². The van der Waals surface area contributed by atoms with E-state index in [1.165, 1.54) is 22.7 Å². The Balaban J connectivity index is 2.09. The fraction of sp³-hybridized carbons (Fsp3) is 0.125. The van der Waals surface area contributed by atoms with Gasteiger partial charge in [0.15, 0.2) is 10.3 Å². The lowest BCUT2D eigenvalue weighted by Gasteiger charge is -2.10. The fourth-order valence-corrected chi connectivity index (χ4v) is 4.31. The molecule has 0 aliphatic carbocycles. The van der Waals surface area contributed by atoms with E-state index in [4.69, 9.17) is 16.2 Å². The quantitative estimate of drug-likeness (QED) is 0.584. The Kier molecular flexibility index (Phi) is 3.32. The number of nitrogen functional groups attached to an aromatic ring is 2. The lowest BCUT2D eigenvalue weighted by atomic mass is 10.0. The first-order valence-corrected chi connectivity index (χ1v) is 8.78. The number of thiazole rings is 2. The van der Waals surface area contributed by atoms with Crippen molar-refractivity contribution in [3.8, 4) is 16.9 Å². The van der Waals surface area contributed by atoms with Crippen molar-refractivity contribution in [2.24, 2.45) is 0 Å². The molecule has 0 radical (unpaired) electrons. The summed E-state index contributed by atoms with van der Waals surface area (Å²) in [7, 11) is 0. The van der Waals surface area contributed by atoms with Crippen LogP contribution >= 0.6 is 22.7 Å². The highest BCUT2D eigenvalue weighted by Crippen LogP contribution is 2.43. The van der Waals surface area contributed by atoms with Crippen molar-refractivity contribution in [1.82, 2.24) is 9.97 Å². The van der Waals surface area contributed by atoms with E-state index >= 15 is 0 Å². The number of benzene rings is 2. The molecule has 4 rings (SSSR count). The van der Waals surface area contributed by atoms with Gasteiger partial charge >= 0.3 is 0 Å². The van der Waals surface area contributed by atoms with Crippen LogP contribution in [0.3, 0.4) is 0 Å². The van der Waals surface area contributed by atoms with Crippen molar-refractivity contribution in [3.63, 3.8) is 0 Å². The van der Waals surface area contributed by atoms with E-state index in [0.29, 0.717) is 16.9 Å². The Morgan fingerprint density at radius 1 is 1.00 bits per heavy atom. The number of anilines is 2. The van der Waals surface area contributed by atoms with Crippen LogP contribution in [0, 0.1) is 0 Å². The Morgan fingerprint density at radius 3 is 2.57 bits per heavy atom. The van der Waals surface area contributed by atoms with E-state index in [1.807, 2.05) is 31.2 Å². The second-order valence-electron chi connectivity index (χ2n) is 4.98. The Morgan fingerprint density at radius 2 is 1.74 bits per heavy atom. The lowest BCUT2D eigenvalue weighted by Crippen LogP contribution is -1.94. The second-order valence-corrected chi connectivity index (χ2v) is 7.07. The maximum absolute atomic E-state index is 5.95. The number of nitrogens with two attached hydrogens (primary N) is 2. The highest BCUT2D eigenvalue weighted by atomic mass is 32.1. The summed E-state index contributed by atoms with van der Waals surface area (Å²) in [5.41, 5.74) is 15.5. The van der Waals surface area contributed by atoms with Gasteiger partial charge in [0.05, 0.1) is 16.0 Å². The molecule has 0 fully saturated rings. The van der Waals surface area contributed by atoms with Crippen LogP contribution in [0.15, 0.2) is 30.3 Å². The average Bonchev–Trinajstić information content (AvgIpc) is 3.09. The normalized spacial score (nSPS) is 11.3. The molecule has 2 aromatic carbocycles. The minimum Gasteiger partial charge on any atom is -0.493 e. The molecule has 23 heavy (non-hydrogen) atoms. The minimum atomic E-state index is 0.522. The van der Waals surface area contributed by atoms with Crippen LogP contribution in [-0.2, 0) is 0 Å². The molecule has 7 heteroatoms. The van der Waals surface area contributed by atoms with Crippen LogP contribution in [0.1, 0.15) is 6.92 Å². The third-order valence-corrected chi connectivity index (χ3v) is 5.28. The Labute approximate surface area is 140 Å². The Hall–Kier alpha value is -2.38. The Bertz CT molecular complexity index is 1020. The van der Waals surface area contributed by atoms with Crippen LogP contribution in [0.5, 0.6) is 5.75 Å². The van der Waals surface area contributed by atoms with E-state index < -0.39 is 0 Å². The number of nitrogens with zero attached hydrogens (tertiary/aromatic N) is 2. The molecule has 2 heterocycles. The van der Waals surface area contributed by atoms with Gasteiger partial charge in [-0.05, 0) is 19.1 Å². The zero-order valence-corrected chi connectivity index (χ0v) is 14.0. The zero-order valence-electron chi connectivity index (χ0n) is 12.4. The second kappa shape index (κ2) is 5.36. The first kappa shape index (κ1) is 14.2. The standard InChI is InChI=1S/C16H14N4OS2/c1-2-21-10-6-4-3-5-8(10)9-7-11-12(19-15(17)22-11)13-14(9)23-16(18)20-13/h3-7H,2H2,1H3,(H2,17,19)(H2,18,20). The number of aromatic nitrogens is 2. The summed E-state index contributed by atoms with van der Waals surface area (Å²) < 4.78 is 7.79. The number of hydrogen-bond donors (Lipinski definition) is 2. The maximum atomic E-state index is 5.95. The minimum absolute atomic E-state index is 0.522. The molecular formula is C16H14N4OS2. The molecule has 5 nitrogen and oxygen atoms in total. The monoisotopic (exact) mass is 342 g/mol. The summed E-state index contributed by atoms with van der Waals surface area (Å²) >= 11 is 2.91. The van der Waals surface area contributed by atoms with Gasteiger partial charge in [-0.2, -0.15) is 0 Å². The molecule has 4 N–H and O–H groups in total. The van der Waals surface area contributed by atoms with Gasteiger partial charge < -0.3 is 16.2 Å². The molecule has 116 valence electrons. The topological polar surface area (TPSA) is 87.0 Å². The van der Waals surface area contributed by atoms with E-state index in [2.05, 4.69) is 16.0 Å². The molecular weight excluding hydrogens is 328 g/mol. The van der Waals surface area contributed by atoms with Gasteiger partial charge in [-0.25, -0.2) is 9.97 Å². The lowest BCUT2D eigenvalue weighted by molar-refractivity contribution is 0.341. The van der Waals surface area contributed by atoms with Crippen LogP contribution < -0.4 is 16.2 Å². The van der Waals surface area contributed by atoms with Gasteiger partial charge in [0.25, 0.3) is 0 Å². The SMILES string of the molecule is CCOc1ccccc1-c1cc2sc(N)nc2c2nc(N)sc12. The summed E-state index contributed by atoms with van der Waals surface area (Å²) in [5, 5.41) is 1.05. The summed E-state index contributed by atoms with van der Waals surface area (Å²) in [6, 6.07) is 10.1. The summed E-state index contributed by atoms with van der Waals surface area (Å²) in [6.07, 6.45) is 0. The van der Waals surface area contributed by atoms with Crippen molar-refractivity contribution in [2.75, 3.05) is 18.1 Å². The van der Waals surface area contributed by atoms with Crippen molar-refractivity contribution >= 4 is 53.4 Å². The van der Waals surface area contributed by atoms with E-state index in [9.17, 15) is 0 Å². The van der Waals surface area contributed by atoms with Crippen molar-refractivity contribution in [2.45, 2.75) is 6.92 Å². The highest BCUT2D eigenvalue weighted by molar-refractivity contribution is 7.24. The van der Waals surface area contributed by atoms with Crippen LogP contribution in [0.25, 0.3) is 31.6 Å². The van der Waals surface area contributed by atoms with Crippen LogP contribution in [0.4, 0.5) is 10.3 Å². The molecule has 4 aromatic rings. The molecule has 0 atom stereocenters. The highest BCUT2D eigenvalue weighted by Gasteiger charge is 2.18. The molecule has 0 amide bonds. The van der Waals surface area contributed by atoms with E-state index in [0.717, 1.165) is 37.3 Å². The van der Waals surface area contributed by atoms with Gasteiger partial charge in [0.2, 0.25) is 0 Å². The molecule has 0 unspecified atom stereocenters. The third kappa shape index (κ3) is 2.29. The van der Waals surface area contributed by atoms with Crippen molar-refractivity contribution in [3.05, 3.63) is 30.3 Å². The maximum Gasteiger partial charge on any atom is 0.181 e. The molecule has 0 aliphatic heterocycles. The summed E-state index contributed by atoms with van der Waals surface area (Å²) in [6.45, 7) is 2.59. The molecule has 2 aromatic heterocycles. The van der Waals surface area contributed by atoms with Gasteiger partial charge in [0, 0.05) is 11.1 Å². The molecule has 0 aliphatic rings. The largest absolute Gasteiger partial charge is 0.493 e. The van der Waals surface area contributed by atoms with Gasteiger partial charge in [0.1, 0.15) is 16.8 Å². The zero-order chi connectivity index (χ0) is 16.0. The molecule has 0 spiro atoms. The molecule has 0 saturated heterocycles. The first-order valence-electron chi connectivity index (χ1n) is 7.14. The number of hydrogen-bond acceptors (Lipinski definition) is 7. The third-order valence-electron chi connectivity index (χ3n) is 3.54. The summed E-state index contributed by atoms with van der Waals surface area (Å²) in [5.74, 6) is 0.847. The molecule has 0 saturated carbocycles. The number of ether oxygens (including phenoxy) is 1. The smallest absolute Gasteiger partial charge is 0.181 e. The van der Waals surface area contributed by atoms with Crippen LogP contribution in [-0.4, -0.2) is 16.6 Å². The van der Waals surface area contributed by atoms with Crippen molar-refractivity contribution in [1.29, 1.82) is 0 Å². The van der Waals surface area contributed by atoms with E-state index in [1.54, 1.807) is 0 Å². The van der Waals surface area contributed by atoms with E-state index in [-0.39, 0.29) is 0 Å². The van der Waals surface area contributed by atoms with Gasteiger partial charge in [-0.3, -0.25) is 0 Å². The van der Waals surface area contributed by atoms with Gasteiger partial charge in [-0.1, -0.05) is 40.9 Å². The summed E-state index contributed by atoms with van der Waals surface area (Å²) in [4.78, 5) is 8.86. The van der Waals surface area contributed by atoms with Crippen LogP contribution in [0.2, 0.25) is 0 Å². The predicted octanol–water partition coefficient (Wildman–Crippen LogP) is 4.14. The number of rotatable bonds is 3. The first-order chi connectivity index (χ1) is 11.2. The number of fused-ring (bicyclic) bond motifs is 3.